The van der Waals surface area contributed by atoms with Gasteiger partial charge in [-0.2, -0.15) is 0 Å². The summed E-state index contributed by atoms with van der Waals surface area (Å²) in [6, 6.07) is -0.489. The zero-order valence-corrected chi connectivity index (χ0v) is 46.8. The van der Waals surface area contributed by atoms with Crippen LogP contribution in [0.25, 0.3) is 0 Å². The number of nitrogens with zero attached hydrogens (tertiary/aromatic N) is 2. The van der Waals surface area contributed by atoms with E-state index in [1.807, 2.05) is 69.2 Å². The second-order valence-electron chi connectivity index (χ2n) is 25.7. The van der Waals surface area contributed by atoms with E-state index in [0.29, 0.717) is 69.9 Å². The van der Waals surface area contributed by atoms with Gasteiger partial charge in [-0.05, 0) is 205 Å². The Labute approximate surface area is 420 Å². The number of rotatable bonds is 22. The maximum atomic E-state index is 14.2. The predicted molar refractivity (Wildman–Crippen MR) is 278 cm³/mol. The average Bonchev–Trinajstić information content (AvgIpc) is 3.59. The Morgan fingerprint density at radius 1 is 0.710 bits per heavy atom. The van der Waals surface area contributed by atoms with Crippen molar-refractivity contribution in [2.75, 3.05) is 39.3 Å². The SMILES string of the molecule is CC[C@H](CC[C@@H](C)[C@H]1CC[C@H]2[C@@H]3CC=C4C[C@@H](OC(=O)C(C)N(CCCCN(CCCNC(=O)OC(C)(C)C)C(=O)OC(C)(C)C)CCCNC(=O)OC(C)(C)C)CC[C@]4(C)[C@H]3CC[C@]12C)C(C)C. The molecule has 0 aromatic rings. The van der Waals surface area contributed by atoms with Gasteiger partial charge >= 0.3 is 24.2 Å². The van der Waals surface area contributed by atoms with E-state index in [2.05, 4.69) is 63.2 Å². The van der Waals surface area contributed by atoms with Crippen molar-refractivity contribution in [3.05, 3.63) is 11.6 Å². The summed E-state index contributed by atoms with van der Waals surface area (Å²) in [6.45, 7) is 36.3. The van der Waals surface area contributed by atoms with Crippen LogP contribution in [0.3, 0.4) is 0 Å². The highest BCUT2D eigenvalue weighted by molar-refractivity contribution is 5.75. The molecule has 10 atom stereocenters. The molecule has 3 fully saturated rings. The Morgan fingerprint density at radius 2 is 1.28 bits per heavy atom. The number of ether oxygens (including phenoxy) is 4. The maximum Gasteiger partial charge on any atom is 0.410 e. The summed E-state index contributed by atoms with van der Waals surface area (Å²) in [5.74, 6) is 5.29. The highest BCUT2D eigenvalue weighted by atomic mass is 16.6. The molecule has 69 heavy (non-hydrogen) atoms. The van der Waals surface area contributed by atoms with Crippen molar-refractivity contribution in [2.24, 2.45) is 52.3 Å². The third kappa shape index (κ3) is 17.3. The highest BCUT2D eigenvalue weighted by Gasteiger charge is 2.59. The number of fused-ring (bicyclic) bond motifs is 5. The standard InChI is InChI=1S/C57H102N4O8/c1-17-42(39(2)3)23-22-40(4)46-26-27-47-45-25-24-43-38-44(28-30-56(43,15)48(45)29-31-57(46,47)16)66-49(62)41(5)60(36-20-32-58-50(63)67-53(6,7)8)34-18-19-35-61(52(65)69-55(12,13)14)37-21-33-59-51(64)68-54(9,10)11/h24,39-42,44-48H,17-23,25-38H2,1-16H3,(H,58,63)(H,59,64)/t40-,41?,42-,44+,45+,46-,47+,48+,56+,57-/m1/s1. The second-order valence-corrected chi connectivity index (χ2v) is 25.7. The van der Waals surface area contributed by atoms with Crippen LogP contribution in [-0.4, -0.2) is 102 Å². The molecular formula is C57H102N4O8. The molecule has 12 nitrogen and oxygen atoms in total. The van der Waals surface area contributed by atoms with Crippen molar-refractivity contribution >= 4 is 24.2 Å². The molecule has 0 radical (unpaired) electrons. The van der Waals surface area contributed by atoms with E-state index in [1.54, 1.807) is 4.90 Å². The number of carbonyl (C=O) groups excluding carboxylic acids is 4. The summed E-state index contributed by atoms with van der Waals surface area (Å²) in [7, 11) is 0. The molecule has 3 saturated carbocycles. The molecule has 0 bridgehead atoms. The molecule has 0 aromatic heterocycles. The van der Waals surface area contributed by atoms with Crippen LogP contribution in [0.1, 0.15) is 207 Å². The molecule has 4 aliphatic carbocycles. The third-order valence-corrected chi connectivity index (χ3v) is 16.8. The number of hydrogen-bond donors (Lipinski definition) is 2. The van der Waals surface area contributed by atoms with E-state index in [1.165, 1.54) is 56.9 Å². The van der Waals surface area contributed by atoms with Crippen LogP contribution in [-0.2, 0) is 23.7 Å². The van der Waals surface area contributed by atoms with E-state index >= 15 is 0 Å². The summed E-state index contributed by atoms with van der Waals surface area (Å²) in [6.07, 6.45) is 17.1. The first-order valence-electron chi connectivity index (χ1n) is 27.6. The lowest BCUT2D eigenvalue weighted by molar-refractivity contribution is -0.157. The van der Waals surface area contributed by atoms with Crippen LogP contribution in [0.2, 0.25) is 0 Å². The number of esters is 1. The van der Waals surface area contributed by atoms with Crippen molar-refractivity contribution in [2.45, 2.75) is 236 Å². The molecule has 12 heteroatoms. The molecule has 0 aliphatic heterocycles. The van der Waals surface area contributed by atoms with Crippen molar-refractivity contribution < 1.29 is 38.1 Å². The van der Waals surface area contributed by atoms with Crippen molar-refractivity contribution in [3.8, 4) is 0 Å². The fourth-order valence-electron chi connectivity index (χ4n) is 13.1. The lowest BCUT2D eigenvalue weighted by atomic mass is 9.47. The molecule has 0 spiro atoms. The van der Waals surface area contributed by atoms with Gasteiger partial charge in [0.2, 0.25) is 0 Å². The van der Waals surface area contributed by atoms with Gasteiger partial charge in [0.25, 0.3) is 0 Å². The first-order chi connectivity index (χ1) is 32.1. The number of alkyl carbamates (subject to hydrolysis) is 2. The molecule has 2 N–H and O–H groups in total. The summed E-state index contributed by atoms with van der Waals surface area (Å²) in [5, 5.41) is 5.65. The van der Waals surface area contributed by atoms with Crippen LogP contribution in [0.15, 0.2) is 11.6 Å². The van der Waals surface area contributed by atoms with Crippen molar-refractivity contribution in [1.82, 2.24) is 20.4 Å². The fraction of sp³-hybridized carbons (Fsp3) is 0.895. The Morgan fingerprint density at radius 3 is 1.86 bits per heavy atom. The van der Waals surface area contributed by atoms with Crippen molar-refractivity contribution in [1.29, 1.82) is 0 Å². The predicted octanol–water partition coefficient (Wildman–Crippen LogP) is 13.1. The molecule has 4 rings (SSSR count). The Bertz CT molecular complexity index is 1700. The van der Waals surface area contributed by atoms with E-state index in [4.69, 9.17) is 18.9 Å². The van der Waals surface area contributed by atoms with E-state index in [9.17, 15) is 19.2 Å². The van der Waals surface area contributed by atoms with Crippen LogP contribution in [0.4, 0.5) is 14.4 Å². The summed E-state index contributed by atoms with van der Waals surface area (Å²) in [4.78, 5) is 56.0. The van der Waals surface area contributed by atoms with Gasteiger partial charge in [-0.1, -0.05) is 66.0 Å². The van der Waals surface area contributed by atoms with Gasteiger partial charge in [-0.25, -0.2) is 14.4 Å². The lowest BCUT2D eigenvalue weighted by Crippen LogP contribution is -2.51. The molecule has 4 aliphatic rings. The minimum Gasteiger partial charge on any atom is -0.461 e. The number of amides is 3. The minimum absolute atomic E-state index is 0.137. The quantitative estimate of drug-likeness (QED) is 0.0470. The van der Waals surface area contributed by atoms with Gasteiger partial charge in [0, 0.05) is 39.1 Å². The fourth-order valence-corrected chi connectivity index (χ4v) is 13.1. The molecule has 0 aromatic carbocycles. The summed E-state index contributed by atoms with van der Waals surface area (Å²) in [5.41, 5.74) is 0.292. The molecule has 0 saturated heterocycles. The number of nitrogens with one attached hydrogen (secondary N) is 2. The Balaban J connectivity index is 1.37. The topological polar surface area (TPSA) is 136 Å². The third-order valence-electron chi connectivity index (χ3n) is 16.8. The van der Waals surface area contributed by atoms with E-state index in [-0.39, 0.29) is 17.5 Å². The van der Waals surface area contributed by atoms with Crippen LogP contribution in [0.5, 0.6) is 0 Å². The second kappa shape index (κ2) is 25.1. The molecule has 398 valence electrons. The van der Waals surface area contributed by atoms with Gasteiger partial charge in [0.1, 0.15) is 28.9 Å². The van der Waals surface area contributed by atoms with Crippen LogP contribution in [0, 0.1) is 52.3 Å². The van der Waals surface area contributed by atoms with Gasteiger partial charge in [-0.15, -0.1) is 0 Å². The number of allylic oxidation sites excluding steroid dienone is 1. The molecular weight excluding hydrogens is 869 g/mol. The van der Waals surface area contributed by atoms with E-state index in [0.717, 1.165) is 61.2 Å². The highest BCUT2D eigenvalue weighted by Crippen LogP contribution is 2.67. The zero-order valence-electron chi connectivity index (χ0n) is 46.8. The monoisotopic (exact) mass is 971 g/mol. The number of unbranched alkanes of at least 4 members (excludes halogenated alkanes) is 1. The minimum atomic E-state index is -0.654. The first-order valence-corrected chi connectivity index (χ1v) is 27.6. The van der Waals surface area contributed by atoms with Crippen LogP contribution < -0.4 is 10.6 Å². The largest absolute Gasteiger partial charge is 0.461 e. The van der Waals surface area contributed by atoms with Gasteiger partial charge in [0.05, 0.1) is 0 Å². The number of hydrogen-bond acceptors (Lipinski definition) is 9. The van der Waals surface area contributed by atoms with Crippen LogP contribution >= 0.6 is 0 Å². The average molecular weight is 971 g/mol. The smallest absolute Gasteiger partial charge is 0.410 e. The molecule has 3 amide bonds. The zero-order chi connectivity index (χ0) is 51.5. The number of carbonyl (C=O) groups is 4. The van der Waals surface area contributed by atoms with Gasteiger partial charge < -0.3 is 34.5 Å². The molecule has 1 unspecified atom stereocenters. The van der Waals surface area contributed by atoms with Gasteiger partial charge in [0.15, 0.2) is 0 Å². The normalized spacial score (nSPS) is 27.2. The summed E-state index contributed by atoms with van der Waals surface area (Å²) >= 11 is 0. The first kappa shape index (κ1) is 58.5. The van der Waals surface area contributed by atoms with Gasteiger partial charge in [-0.3, -0.25) is 9.69 Å². The maximum absolute atomic E-state index is 14.2. The Hall–Kier alpha value is -3.02. The van der Waals surface area contributed by atoms with Crippen molar-refractivity contribution in [3.63, 3.8) is 0 Å². The molecule has 0 heterocycles. The lowest BCUT2D eigenvalue weighted by Gasteiger charge is -2.58. The van der Waals surface area contributed by atoms with E-state index < -0.39 is 41.1 Å². The summed E-state index contributed by atoms with van der Waals surface area (Å²) < 4.78 is 23.0. The Kier molecular flexibility index (Phi) is 21.3.